The second kappa shape index (κ2) is 6.44. The third-order valence-corrected chi connectivity index (χ3v) is 4.62. The highest BCUT2D eigenvalue weighted by Gasteiger charge is 2.14. The van der Waals surface area contributed by atoms with Crippen LogP contribution < -0.4 is 4.74 Å². The van der Waals surface area contributed by atoms with Crippen LogP contribution in [0.15, 0.2) is 54.6 Å². The van der Waals surface area contributed by atoms with Crippen LogP contribution in [0.4, 0.5) is 0 Å². The van der Waals surface area contributed by atoms with Crippen molar-refractivity contribution in [1.82, 2.24) is 0 Å². The van der Waals surface area contributed by atoms with Crippen molar-refractivity contribution in [3.63, 3.8) is 0 Å². The number of aromatic hydroxyl groups is 1. The maximum Gasteiger partial charge on any atom is 0.161 e. The second-order valence-corrected chi connectivity index (χ2v) is 6.21. The van der Waals surface area contributed by atoms with E-state index >= 15 is 0 Å². The average molecular weight is 330 g/mol. The lowest BCUT2D eigenvalue weighted by Crippen LogP contribution is -1.98. The lowest BCUT2D eigenvalue weighted by molar-refractivity contribution is -0.109. The maximum absolute atomic E-state index is 10.4. The predicted octanol–water partition coefficient (Wildman–Crippen LogP) is 4.41. The molecule has 0 amide bonds. The van der Waals surface area contributed by atoms with Crippen molar-refractivity contribution >= 4 is 23.5 Å². The molecule has 0 bridgehead atoms. The number of hydrogen-bond donors (Lipinski definition) is 1. The molecule has 0 heterocycles. The molecular weight excluding hydrogens is 312 g/mol. The van der Waals surface area contributed by atoms with Gasteiger partial charge in [0, 0.05) is 0 Å². The van der Waals surface area contributed by atoms with E-state index in [-0.39, 0.29) is 12.4 Å². The molecule has 0 aliphatic heterocycles. The molecule has 2 aliphatic carbocycles. The molecule has 1 N–H and O–H groups in total. The molecule has 3 nitrogen and oxygen atoms in total. The van der Waals surface area contributed by atoms with E-state index in [2.05, 4.69) is 42.5 Å². The molecule has 0 atom stereocenters. The summed E-state index contributed by atoms with van der Waals surface area (Å²) in [7, 11) is 0. The largest absolute Gasteiger partial charge is 0.504 e. The first-order chi connectivity index (χ1) is 12.2. The Morgan fingerprint density at radius 3 is 2.80 bits per heavy atom. The zero-order chi connectivity index (χ0) is 17.2. The first kappa shape index (κ1) is 15.5. The van der Waals surface area contributed by atoms with Gasteiger partial charge in [0.05, 0.1) is 0 Å². The lowest BCUT2D eigenvalue weighted by atomic mass is 10.0. The van der Waals surface area contributed by atoms with Crippen LogP contribution in [0.3, 0.4) is 0 Å². The van der Waals surface area contributed by atoms with Crippen LogP contribution in [0.25, 0.3) is 17.2 Å². The first-order valence-corrected chi connectivity index (χ1v) is 8.35. The Hall–Kier alpha value is -3.07. The summed E-state index contributed by atoms with van der Waals surface area (Å²) in [5.74, 6) is 0.379. The van der Waals surface area contributed by atoms with Crippen molar-refractivity contribution in [3.05, 3.63) is 76.9 Å². The predicted molar refractivity (Wildman–Crippen MR) is 99.4 cm³/mol. The van der Waals surface area contributed by atoms with Gasteiger partial charge in [-0.25, -0.2) is 0 Å². The van der Waals surface area contributed by atoms with Gasteiger partial charge in [0.2, 0.25) is 0 Å². The molecule has 25 heavy (non-hydrogen) atoms. The highest BCUT2D eigenvalue weighted by molar-refractivity contribution is 5.90. The molecule has 3 heteroatoms. The average Bonchev–Trinajstić information content (AvgIpc) is 3.29. The number of phenols is 1. The van der Waals surface area contributed by atoms with Gasteiger partial charge in [-0.1, -0.05) is 42.5 Å². The normalized spacial score (nSPS) is 14.9. The number of carbonyl (C=O) groups is 1. The van der Waals surface area contributed by atoms with Gasteiger partial charge in [0.1, 0.15) is 6.61 Å². The summed E-state index contributed by atoms with van der Waals surface area (Å²) < 4.78 is 5.18. The topological polar surface area (TPSA) is 46.5 Å². The maximum atomic E-state index is 10.4. The minimum atomic E-state index is -0.0614. The summed E-state index contributed by atoms with van der Waals surface area (Å²) in [4.78, 5) is 10.4. The quantitative estimate of drug-likeness (QED) is 0.826. The van der Waals surface area contributed by atoms with Crippen molar-refractivity contribution in [1.29, 1.82) is 0 Å². The highest BCUT2D eigenvalue weighted by atomic mass is 16.5. The standard InChI is InChI=1S/C22H18O3/c23-10-11-25-22-9-8-20(14-21(22)24)19-7-6-18(13-19)17-5-4-15-2-1-3-16(15)12-17/h1,3-6,8-10,12-14,24H,2,7,11H2. The molecule has 0 spiro atoms. The number of hydrogen-bond acceptors (Lipinski definition) is 3. The molecule has 2 aliphatic rings. The van der Waals surface area contributed by atoms with E-state index in [1.54, 1.807) is 12.1 Å². The lowest BCUT2D eigenvalue weighted by Gasteiger charge is -2.08. The summed E-state index contributed by atoms with van der Waals surface area (Å²) in [5, 5.41) is 10.1. The van der Waals surface area contributed by atoms with Gasteiger partial charge < -0.3 is 9.84 Å². The number of rotatable bonds is 5. The molecule has 0 saturated carbocycles. The van der Waals surface area contributed by atoms with Gasteiger partial charge in [-0.3, -0.25) is 4.79 Å². The zero-order valence-electron chi connectivity index (χ0n) is 13.7. The molecular formula is C22H18O3. The number of aldehydes is 1. The molecule has 2 aromatic carbocycles. The number of benzene rings is 2. The number of fused-ring (bicyclic) bond motifs is 1. The smallest absolute Gasteiger partial charge is 0.161 e. The third kappa shape index (κ3) is 3.01. The SMILES string of the molecule is O=CCOc1ccc(C2=CC(c3ccc4c(c3)C=CC4)=CC2)cc1O. The highest BCUT2D eigenvalue weighted by Crippen LogP contribution is 2.36. The first-order valence-electron chi connectivity index (χ1n) is 8.35. The van der Waals surface area contributed by atoms with Crippen molar-refractivity contribution in [3.8, 4) is 11.5 Å². The molecule has 0 unspecified atom stereocenters. The molecule has 124 valence electrons. The second-order valence-electron chi connectivity index (χ2n) is 6.21. The van der Waals surface area contributed by atoms with E-state index in [1.807, 2.05) is 6.07 Å². The summed E-state index contributed by atoms with van der Waals surface area (Å²) in [6, 6.07) is 11.9. The van der Waals surface area contributed by atoms with Crippen LogP contribution in [-0.2, 0) is 11.2 Å². The van der Waals surface area contributed by atoms with Gasteiger partial charge in [-0.05, 0) is 64.4 Å². The fourth-order valence-corrected chi connectivity index (χ4v) is 3.32. The minimum absolute atomic E-state index is 0.0522. The van der Waals surface area contributed by atoms with Gasteiger partial charge >= 0.3 is 0 Å². The summed E-state index contributed by atoms with van der Waals surface area (Å²) in [6.45, 7) is -0.0614. The van der Waals surface area contributed by atoms with Gasteiger partial charge in [0.25, 0.3) is 0 Å². The van der Waals surface area contributed by atoms with Crippen molar-refractivity contribution in [2.45, 2.75) is 12.8 Å². The van der Waals surface area contributed by atoms with Gasteiger partial charge in [-0.15, -0.1) is 0 Å². The van der Waals surface area contributed by atoms with E-state index in [0.29, 0.717) is 12.0 Å². The Bertz CT molecular complexity index is 932. The Morgan fingerprint density at radius 2 is 1.96 bits per heavy atom. The Balaban J connectivity index is 1.57. The van der Waals surface area contributed by atoms with Crippen LogP contribution in [0.2, 0.25) is 0 Å². The molecule has 4 rings (SSSR count). The third-order valence-electron chi connectivity index (χ3n) is 4.62. The van der Waals surface area contributed by atoms with E-state index in [9.17, 15) is 9.90 Å². The van der Waals surface area contributed by atoms with Gasteiger partial charge in [0.15, 0.2) is 17.8 Å². The Labute approximate surface area is 146 Å². The Morgan fingerprint density at radius 1 is 1.08 bits per heavy atom. The van der Waals surface area contributed by atoms with E-state index in [4.69, 9.17) is 4.74 Å². The van der Waals surface area contributed by atoms with Crippen LogP contribution >= 0.6 is 0 Å². The van der Waals surface area contributed by atoms with Crippen LogP contribution in [0.1, 0.15) is 28.7 Å². The summed E-state index contributed by atoms with van der Waals surface area (Å²) in [5.41, 5.74) is 7.22. The van der Waals surface area contributed by atoms with Gasteiger partial charge in [-0.2, -0.15) is 0 Å². The number of allylic oxidation sites excluding steroid dienone is 5. The minimum Gasteiger partial charge on any atom is -0.504 e. The number of carbonyl (C=O) groups excluding carboxylic acids is 1. The number of ether oxygens (including phenoxy) is 1. The summed E-state index contributed by atoms with van der Waals surface area (Å²) in [6.07, 6.45) is 11.3. The van der Waals surface area contributed by atoms with Crippen LogP contribution in [-0.4, -0.2) is 18.0 Å². The van der Waals surface area contributed by atoms with Crippen molar-refractivity contribution in [2.24, 2.45) is 0 Å². The van der Waals surface area contributed by atoms with Crippen molar-refractivity contribution < 1.29 is 14.6 Å². The molecule has 0 aromatic heterocycles. The summed E-state index contributed by atoms with van der Waals surface area (Å²) >= 11 is 0. The van der Waals surface area contributed by atoms with E-state index in [0.717, 1.165) is 24.0 Å². The monoisotopic (exact) mass is 330 g/mol. The molecule has 0 radical (unpaired) electrons. The molecule has 0 fully saturated rings. The van der Waals surface area contributed by atoms with Crippen LogP contribution in [0, 0.1) is 0 Å². The molecule has 2 aromatic rings. The number of phenolic OH excluding ortho intramolecular Hbond substituents is 1. The Kier molecular flexibility index (Phi) is 3.98. The van der Waals surface area contributed by atoms with E-state index in [1.165, 1.54) is 22.3 Å². The van der Waals surface area contributed by atoms with E-state index < -0.39 is 0 Å². The van der Waals surface area contributed by atoms with Crippen LogP contribution in [0.5, 0.6) is 11.5 Å². The van der Waals surface area contributed by atoms with Crippen molar-refractivity contribution in [2.75, 3.05) is 6.61 Å². The molecule has 0 saturated heterocycles. The zero-order valence-corrected chi connectivity index (χ0v) is 13.7. The fraction of sp³-hybridized carbons (Fsp3) is 0.136. The fourth-order valence-electron chi connectivity index (χ4n) is 3.32.